The number of para-hydroxylation sites is 1. The van der Waals surface area contributed by atoms with Gasteiger partial charge in [-0.05, 0) is 38.1 Å². The van der Waals surface area contributed by atoms with Crippen LogP contribution in [0.25, 0.3) is 21.0 Å². The molecule has 0 aliphatic rings. The summed E-state index contributed by atoms with van der Waals surface area (Å²) in [6, 6.07) is 11.7. The zero-order valence-corrected chi connectivity index (χ0v) is 18.3. The molecule has 0 spiro atoms. The first-order valence-corrected chi connectivity index (χ1v) is 10.7. The Kier molecular flexibility index (Phi) is 5.84. The Morgan fingerprint density at radius 2 is 2.00 bits per heavy atom. The van der Waals surface area contributed by atoms with E-state index in [1.54, 1.807) is 35.2 Å². The highest BCUT2D eigenvalue weighted by atomic mass is 32.1. The molecule has 4 aromatic rings. The first-order chi connectivity index (χ1) is 14.9. The van der Waals surface area contributed by atoms with E-state index in [9.17, 15) is 14.0 Å². The van der Waals surface area contributed by atoms with E-state index in [0.29, 0.717) is 37.3 Å². The van der Waals surface area contributed by atoms with Crippen molar-refractivity contribution in [1.29, 1.82) is 0 Å². The molecule has 0 unspecified atom stereocenters. The summed E-state index contributed by atoms with van der Waals surface area (Å²) in [6.45, 7) is 4.03. The van der Waals surface area contributed by atoms with E-state index in [1.165, 1.54) is 24.5 Å². The zero-order valence-electron chi connectivity index (χ0n) is 17.4. The maximum Gasteiger partial charge on any atom is 0.264 e. The predicted molar refractivity (Wildman–Crippen MR) is 120 cm³/mol. The van der Waals surface area contributed by atoms with Crippen molar-refractivity contribution in [2.45, 2.75) is 33.0 Å². The van der Waals surface area contributed by atoms with E-state index >= 15 is 0 Å². The number of benzene rings is 2. The normalized spacial score (nSPS) is 11.5. The van der Waals surface area contributed by atoms with Crippen LogP contribution < -0.4 is 5.56 Å². The number of aromatic nitrogens is 2. The summed E-state index contributed by atoms with van der Waals surface area (Å²) in [5.41, 5.74) is 0.860. The monoisotopic (exact) mass is 439 g/mol. The topological polar surface area (TPSA) is 75.3 Å². The van der Waals surface area contributed by atoms with E-state index in [0.717, 1.165) is 0 Å². The van der Waals surface area contributed by atoms with Crippen molar-refractivity contribution in [2.24, 2.45) is 0 Å². The molecule has 160 valence electrons. The van der Waals surface area contributed by atoms with Crippen LogP contribution >= 0.6 is 11.3 Å². The zero-order chi connectivity index (χ0) is 22.1. The Labute approximate surface area is 182 Å². The van der Waals surface area contributed by atoms with Crippen LogP contribution in [0.2, 0.25) is 0 Å². The van der Waals surface area contributed by atoms with E-state index in [2.05, 4.69) is 9.97 Å². The third kappa shape index (κ3) is 3.96. The molecule has 0 bridgehead atoms. The van der Waals surface area contributed by atoms with Gasteiger partial charge in [0.05, 0.1) is 28.9 Å². The minimum absolute atomic E-state index is 0.124. The summed E-state index contributed by atoms with van der Waals surface area (Å²) in [5, 5.41) is 0.912. The number of nitrogens with zero attached hydrogens (tertiary/aromatic N) is 2. The van der Waals surface area contributed by atoms with Crippen molar-refractivity contribution in [3.8, 4) is 0 Å². The highest BCUT2D eigenvalue weighted by Gasteiger charge is 2.27. The Morgan fingerprint density at radius 3 is 2.74 bits per heavy atom. The van der Waals surface area contributed by atoms with Gasteiger partial charge in [0.1, 0.15) is 11.6 Å². The second-order valence-electron chi connectivity index (χ2n) is 7.51. The van der Waals surface area contributed by atoms with Gasteiger partial charge in [0.25, 0.3) is 11.5 Å². The number of H-pyrrole nitrogens is 1. The molecule has 0 saturated heterocycles. The van der Waals surface area contributed by atoms with Gasteiger partial charge in [-0.25, -0.2) is 9.37 Å². The lowest BCUT2D eigenvalue weighted by Crippen LogP contribution is -2.37. The molecule has 0 aliphatic heterocycles. The molecule has 1 N–H and O–H groups in total. The summed E-state index contributed by atoms with van der Waals surface area (Å²) in [6.07, 6.45) is 0. The molecule has 0 atom stereocenters. The van der Waals surface area contributed by atoms with Crippen molar-refractivity contribution in [3.05, 3.63) is 74.9 Å². The summed E-state index contributed by atoms with van der Waals surface area (Å²) in [7, 11) is 1.52. The van der Waals surface area contributed by atoms with Crippen LogP contribution in [0.1, 0.15) is 34.9 Å². The largest absolute Gasteiger partial charge is 0.380 e. The average molecular weight is 440 g/mol. The summed E-state index contributed by atoms with van der Waals surface area (Å²) >= 11 is 1.24. The Bertz CT molecular complexity index is 1330. The minimum Gasteiger partial charge on any atom is -0.380 e. The predicted octanol–water partition coefficient (Wildman–Crippen LogP) is 4.47. The standard InChI is InChI=1S/C23H22FN3O3S/c1-13(2)27(11-19-25-17-9-5-4-7-14(17)22(28)26-19)23(29)21-15(12-30-3)20-16(24)8-6-10-18(20)31-21/h4-10,13H,11-12H2,1-3H3,(H,25,26,28). The average Bonchev–Trinajstić information content (AvgIpc) is 3.11. The lowest BCUT2D eigenvalue weighted by molar-refractivity contribution is 0.0686. The van der Waals surface area contributed by atoms with Crippen LogP contribution in [0.15, 0.2) is 47.3 Å². The number of halogens is 1. The molecular weight excluding hydrogens is 417 g/mol. The summed E-state index contributed by atoms with van der Waals surface area (Å²) in [4.78, 5) is 35.3. The molecule has 4 rings (SSSR count). The number of hydrogen-bond acceptors (Lipinski definition) is 5. The van der Waals surface area contributed by atoms with Gasteiger partial charge in [0.15, 0.2) is 0 Å². The fraction of sp³-hybridized carbons (Fsp3) is 0.261. The fourth-order valence-electron chi connectivity index (χ4n) is 3.61. The maximum atomic E-state index is 14.5. The highest BCUT2D eigenvalue weighted by Crippen LogP contribution is 2.35. The first kappa shape index (κ1) is 21.1. The second kappa shape index (κ2) is 8.56. The number of amides is 1. The van der Waals surface area contributed by atoms with Gasteiger partial charge in [-0.1, -0.05) is 18.2 Å². The third-order valence-electron chi connectivity index (χ3n) is 5.11. The maximum absolute atomic E-state index is 14.5. The van der Waals surface area contributed by atoms with Gasteiger partial charge < -0.3 is 14.6 Å². The number of thiophene rings is 1. The number of aromatic amines is 1. The Balaban J connectivity index is 1.76. The lowest BCUT2D eigenvalue weighted by atomic mass is 10.1. The van der Waals surface area contributed by atoms with Gasteiger partial charge in [-0.2, -0.15) is 0 Å². The van der Waals surface area contributed by atoms with Crippen LogP contribution in [-0.2, 0) is 17.9 Å². The van der Waals surface area contributed by atoms with Crippen molar-refractivity contribution < 1.29 is 13.9 Å². The molecule has 1 amide bonds. The number of nitrogens with one attached hydrogen (secondary N) is 1. The molecule has 0 aliphatic carbocycles. The van der Waals surface area contributed by atoms with E-state index in [-0.39, 0.29) is 36.5 Å². The van der Waals surface area contributed by atoms with Crippen LogP contribution in [0.4, 0.5) is 4.39 Å². The Hall–Kier alpha value is -3.10. The first-order valence-electron chi connectivity index (χ1n) is 9.88. The van der Waals surface area contributed by atoms with Gasteiger partial charge in [-0.3, -0.25) is 9.59 Å². The van der Waals surface area contributed by atoms with E-state index in [4.69, 9.17) is 4.74 Å². The molecule has 8 heteroatoms. The lowest BCUT2D eigenvalue weighted by Gasteiger charge is -2.26. The smallest absolute Gasteiger partial charge is 0.264 e. The van der Waals surface area contributed by atoms with Crippen molar-refractivity contribution >= 4 is 38.2 Å². The molecule has 2 aromatic carbocycles. The highest BCUT2D eigenvalue weighted by molar-refractivity contribution is 7.21. The van der Waals surface area contributed by atoms with Gasteiger partial charge in [0, 0.05) is 28.8 Å². The van der Waals surface area contributed by atoms with E-state index in [1.807, 2.05) is 19.9 Å². The van der Waals surface area contributed by atoms with Crippen molar-refractivity contribution in [3.63, 3.8) is 0 Å². The number of ether oxygens (including phenoxy) is 1. The number of fused-ring (bicyclic) bond motifs is 2. The quantitative estimate of drug-likeness (QED) is 0.481. The Morgan fingerprint density at radius 1 is 1.23 bits per heavy atom. The van der Waals surface area contributed by atoms with Gasteiger partial charge >= 0.3 is 0 Å². The van der Waals surface area contributed by atoms with Crippen LogP contribution in [0.3, 0.4) is 0 Å². The van der Waals surface area contributed by atoms with Gasteiger partial charge in [0.2, 0.25) is 0 Å². The number of rotatable bonds is 6. The van der Waals surface area contributed by atoms with Gasteiger partial charge in [-0.15, -0.1) is 11.3 Å². The fourth-order valence-corrected chi connectivity index (χ4v) is 4.79. The van der Waals surface area contributed by atoms with Crippen molar-refractivity contribution in [1.82, 2.24) is 14.9 Å². The van der Waals surface area contributed by atoms with Crippen LogP contribution in [0.5, 0.6) is 0 Å². The second-order valence-corrected chi connectivity index (χ2v) is 8.56. The molecule has 0 saturated carbocycles. The molecule has 2 heterocycles. The SMILES string of the molecule is COCc1c(C(=O)N(Cc2nc3ccccc3c(=O)[nH]2)C(C)C)sc2cccc(F)c12. The number of carbonyl (C=O) groups is 1. The third-order valence-corrected chi connectivity index (χ3v) is 6.30. The number of methoxy groups -OCH3 is 1. The number of carbonyl (C=O) groups excluding carboxylic acids is 1. The molecular formula is C23H22FN3O3S. The van der Waals surface area contributed by atoms with Crippen LogP contribution in [0, 0.1) is 5.82 Å². The number of hydrogen-bond donors (Lipinski definition) is 1. The minimum atomic E-state index is -0.378. The molecule has 6 nitrogen and oxygen atoms in total. The van der Waals surface area contributed by atoms with E-state index < -0.39 is 0 Å². The molecule has 0 fully saturated rings. The molecule has 31 heavy (non-hydrogen) atoms. The molecule has 0 radical (unpaired) electrons. The summed E-state index contributed by atoms with van der Waals surface area (Å²) < 4.78 is 20.5. The van der Waals surface area contributed by atoms with Crippen LogP contribution in [-0.4, -0.2) is 33.9 Å². The van der Waals surface area contributed by atoms with Crippen molar-refractivity contribution in [2.75, 3.05) is 7.11 Å². The summed E-state index contributed by atoms with van der Waals surface area (Å²) in [5.74, 6) is -0.235. The molecule has 2 aromatic heterocycles.